The first-order valence-corrected chi connectivity index (χ1v) is 12.4. The van der Waals surface area contributed by atoms with E-state index in [0.717, 1.165) is 26.2 Å². The molecular formula is C17H30N4PSe+. The number of rotatable bonds is 7. The van der Waals surface area contributed by atoms with Gasteiger partial charge in [0.05, 0.1) is 0 Å². The van der Waals surface area contributed by atoms with Crippen LogP contribution in [0.5, 0.6) is 0 Å². The van der Waals surface area contributed by atoms with Gasteiger partial charge in [-0.15, -0.1) is 0 Å². The summed E-state index contributed by atoms with van der Waals surface area (Å²) < 4.78 is 9.95. The van der Waals surface area contributed by atoms with E-state index in [1.807, 2.05) is 0 Å². The normalized spacial score (nSPS) is 12.7. The maximum absolute atomic E-state index is 3.69. The molecule has 23 heavy (non-hydrogen) atoms. The monoisotopic (exact) mass is 401 g/mol. The topological polar surface area (TPSA) is 15.5 Å². The average molecular weight is 400 g/mol. The molecule has 0 aliphatic rings. The van der Waals surface area contributed by atoms with Crippen molar-refractivity contribution in [3.63, 3.8) is 0 Å². The van der Waals surface area contributed by atoms with Gasteiger partial charge >= 0.3 is 148 Å². The summed E-state index contributed by atoms with van der Waals surface area (Å²) in [5.41, 5.74) is 4.03. The summed E-state index contributed by atoms with van der Waals surface area (Å²) in [6.45, 7) is 15.5. The predicted molar refractivity (Wildman–Crippen MR) is 101 cm³/mol. The van der Waals surface area contributed by atoms with Crippen LogP contribution in [-0.4, -0.2) is 55.2 Å². The molecule has 6 heteroatoms. The summed E-state index contributed by atoms with van der Waals surface area (Å²) in [6, 6.07) is 6.45. The van der Waals surface area contributed by atoms with Crippen molar-refractivity contribution in [2.24, 2.45) is 7.05 Å². The quantitative estimate of drug-likeness (QED) is 0.403. The number of hydrogen-bond acceptors (Lipinski definition) is 2. The van der Waals surface area contributed by atoms with E-state index >= 15 is 0 Å². The summed E-state index contributed by atoms with van der Waals surface area (Å²) in [7, 11) is 2.17. The van der Waals surface area contributed by atoms with Crippen molar-refractivity contribution >= 4 is 32.0 Å². The van der Waals surface area contributed by atoms with Gasteiger partial charge in [-0.1, -0.05) is 0 Å². The van der Waals surface area contributed by atoms with Crippen LogP contribution in [0.4, 0.5) is 0 Å². The second-order valence-electron chi connectivity index (χ2n) is 5.72. The molecule has 0 aliphatic carbocycles. The van der Waals surface area contributed by atoms with E-state index in [2.05, 4.69) is 99.5 Å². The molecule has 0 saturated carbocycles. The Kier molecular flexibility index (Phi) is 6.27. The Morgan fingerprint density at radius 1 is 1.04 bits per heavy atom. The van der Waals surface area contributed by atoms with E-state index < -0.39 is 5.81 Å². The number of pyridine rings is 1. The van der Waals surface area contributed by atoms with Crippen molar-refractivity contribution in [3.05, 3.63) is 30.1 Å². The van der Waals surface area contributed by atoms with Crippen LogP contribution in [0.15, 0.2) is 24.4 Å². The summed E-state index contributed by atoms with van der Waals surface area (Å²) in [5, 5.41) is 0. The molecule has 0 bridgehead atoms. The zero-order chi connectivity index (χ0) is 17.2. The Morgan fingerprint density at radius 2 is 1.57 bits per heavy atom. The van der Waals surface area contributed by atoms with Crippen LogP contribution in [-0.2, 0) is 7.05 Å². The van der Waals surface area contributed by atoms with E-state index in [-0.39, 0.29) is 0 Å². The Balaban J connectivity index is 2.85. The Labute approximate surface area is 148 Å². The molecule has 0 aromatic carbocycles. The standard InChI is InChI=1S/C17H30N4PSe/c1-7-19(8-2)22(23,20(9-3)10-4)17-15(5)18(6)16-13-11-12-14-21(16)17/h11-14H,7-10H2,1-6H3/q+1. The van der Waals surface area contributed by atoms with E-state index in [4.69, 9.17) is 0 Å². The number of fused-ring (bicyclic) bond motifs is 1. The molecule has 0 amide bonds. The van der Waals surface area contributed by atoms with Gasteiger partial charge in [0.15, 0.2) is 0 Å². The molecule has 0 fully saturated rings. The molecule has 0 unspecified atom stereocenters. The molecule has 4 nitrogen and oxygen atoms in total. The van der Waals surface area contributed by atoms with Crippen molar-refractivity contribution in [2.45, 2.75) is 34.6 Å². The van der Waals surface area contributed by atoms with Crippen LogP contribution in [0.2, 0.25) is 0 Å². The fraction of sp³-hybridized carbons (Fsp3) is 0.588. The first kappa shape index (κ1) is 18.9. The van der Waals surface area contributed by atoms with Gasteiger partial charge in [0.1, 0.15) is 0 Å². The zero-order valence-corrected chi connectivity index (χ0v) is 17.9. The van der Waals surface area contributed by atoms with Crippen LogP contribution in [0, 0.1) is 6.92 Å². The molecule has 2 heterocycles. The summed E-state index contributed by atoms with van der Waals surface area (Å²) in [5.74, 6) is -1.72. The summed E-state index contributed by atoms with van der Waals surface area (Å²) in [6.07, 6.45) is 2.21. The van der Waals surface area contributed by atoms with Crippen LogP contribution in [0.1, 0.15) is 33.4 Å². The third kappa shape index (κ3) is 2.99. The average Bonchev–Trinajstić information content (AvgIpc) is 2.81. The molecule has 0 spiro atoms. The number of imidazole rings is 1. The van der Waals surface area contributed by atoms with Gasteiger partial charge in [-0.3, -0.25) is 0 Å². The van der Waals surface area contributed by atoms with Gasteiger partial charge in [-0.2, -0.15) is 0 Å². The Morgan fingerprint density at radius 3 is 2.04 bits per heavy atom. The molecule has 2 aromatic heterocycles. The maximum atomic E-state index is 3.69. The minimum atomic E-state index is -1.72. The molecule has 2 rings (SSSR count). The molecule has 128 valence electrons. The third-order valence-corrected chi connectivity index (χ3v) is 12.5. The van der Waals surface area contributed by atoms with Gasteiger partial charge in [0.2, 0.25) is 0 Å². The van der Waals surface area contributed by atoms with Crippen molar-refractivity contribution in [3.8, 4) is 0 Å². The van der Waals surface area contributed by atoms with Crippen molar-refractivity contribution < 1.29 is 4.40 Å². The SMILES string of the molecule is CCN(CC)P(=[Se])(c1c(C)n(C)c2cccc[n+]12)N(CC)CC. The molecule has 0 aliphatic heterocycles. The Hall–Kier alpha value is -0.441. The van der Waals surface area contributed by atoms with Gasteiger partial charge in [-0.25, -0.2) is 0 Å². The number of hydrogen-bond donors (Lipinski definition) is 0. The van der Waals surface area contributed by atoms with Crippen LogP contribution >= 0.6 is 5.81 Å². The van der Waals surface area contributed by atoms with Crippen molar-refractivity contribution in [1.82, 2.24) is 13.9 Å². The van der Waals surface area contributed by atoms with E-state index in [1.54, 1.807) is 0 Å². The van der Waals surface area contributed by atoms with Gasteiger partial charge in [0, 0.05) is 0 Å². The van der Waals surface area contributed by atoms with Gasteiger partial charge in [-0.05, 0) is 0 Å². The molecule has 0 saturated heterocycles. The number of aryl methyl sites for hydroxylation is 1. The zero-order valence-electron chi connectivity index (χ0n) is 15.3. The summed E-state index contributed by atoms with van der Waals surface area (Å²) in [4.78, 5) is 0. The fourth-order valence-electron chi connectivity index (χ4n) is 3.39. The fourth-order valence-corrected chi connectivity index (χ4v) is 11.1. The van der Waals surface area contributed by atoms with Gasteiger partial charge < -0.3 is 0 Å². The second-order valence-corrected chi connectivity index (χ2v) is 11.6. The molecule has 0 atom stereocenters. The van der Waals surface area contributed by atoms with Crippen molar-refractivity contribution in [2.75, 3.05) is 26.2 Å². The van der Waals surface area contributed by atoms with E-state index in [0.29, 0.717) is 0 Å². The second kappa shape index (κ2) is 7.63. The summed E-state index contributed by atoms with van der Waals surface area (Å²) >= 11 is 3.69. The molecular weight excluding hydrogens is 370 g/mol. The van der Waals surface area contributed by atoms with Gasteiger partial charge in [0.25, 0.3) is 0 Å². The molecule has 0 radical (unpaired) electrons. The van der Waals surface area contributed by atoms with Crippen LogP contribution in [0.3, 0.4) is 0 Å². The Bertz CT molecular complexity index is 701. The van der Waals surface area contributed by atoms with Crippen LogP contribution < -0.4 is 9.84 Å². The van der Waals surface area contributed by atoms with Crippen LogP contribution in [0.25, 0.3) is 5.65 Å². The predicted octanol–water partition coefficient (Wildman–Crippen LogP) is 2.31. The van der Waals surface area contributed by atoms with E-state index in [9.17, 15) is 0 Å². The number of nitrogens with zero attached hydrogens (tertiary/aromatic N) is 4. The number of aromatic nitrogens is 2. The van der Waals surface area contributed by atoms with E-state index in [1.165, 1.54) is 16.8 Å². The molecule has 0 N–H and O–H groups in total. The third-order valence-electron chi connectivity index (χ3n) is 4.74. The van der Waals surface area contributed by atoms with Crippen molar-refractivity contribution in [1.29, 1.82) is 0 Å². The molecule has 2 aromatic rings. The minimum absolute atomic E-state index is 1.05. The first-order valence-electron chi connectivity index (χ1n) is 8.54. The first-order chi connectivity index (χ1) is 11.0.